The molecule has 0 aliphatic rings. The maximum Gasteiger partial charge on any atom is 0.418 e. The zero-order chi connectivity index (χ0) is 11.9. The van der Waals surface area contributed by atoms with Crippen molar-refractivity contribution in [2.75, 3.05) is 5.73 Å². The fourth-order valence-corrected chi connectivity index (χ4v) is 1.46. The molecule has 16 heavy (non-hydrogen) atoms. The van der Waals surface area contributed by atoms with Gasteiger partial charge in [-0.15, -0.1) is 0 Å². The molecule has 0 spiro atoms. The molecule has 2 aromatic rings. The molecule has 2 N–H and O–H groups in total. The highest BCUT2D eigenvalue weighted by Gasteiger charge is 2.33. The fraction of sp³-hybridized carbons (Fsp3) is 0.100. The molecule has 0 saturated carbocycles. The van der Waals surface area contributed by atoms with E-state index in [4.69, 9.17) is 5.73 Å². The molecule has 0 aliphatic heterocycles. The van der Waals surface area contributed by atoms with Crippen molar-refractivity contribution in [1.29, 1.82) is 0 Å². The average molecular weight is 230 g/mol. The minimum atomic E-state index is -4.53. The van der Waals surface area contributed by atoms with E-state index < -0.39 is 17.6 Å². The molecular formula is C10H6F4N2. The molecule has 0 atom stereocenters. The van der Waals surface area contributed by atoms with Gasteiger partial charge in [-0.25, -0.2) is 9.37 Å². The Hall–Kier alpha value is -1.85. The highest BCUT2D eigenvalue weighted by atomic mass is 19.4. The lowest BCUT2D eigenvalue weighted by Gasteiger charge is -2.10. The number of hydrogen-bond acceptors (Lipinski definition) is 2. The summed E-state index contributed by atoms with van der Waals surface area (Å²) in [5.74, 6) is -0.775. The molecule has 0 amide bonds. The maximum absolute atomic E-state index is 12.9. The number of nitrogens with zero attached hydrogens (tertiary/aromatic N) is 1. The van der Waals surface area contributed by atoms with E-state index in [2.05, 4.69) is 4.98 Å². The molecule has 2 rings (SSSR count). The number of pyridine rings is 1. The van der Waals surface area contributed by atoms with Gasteiger partial charge in [0.1, 0.15) is 11.6 Å². The van der Waals surface area contributed by atoms with E-state index in [1.807, 2.05) is 0 Å². The molecule has 0 bridgehead atoms. The molecular weight excluding hydrogens is 224 g/mol. The van der Waals surface area contributed by atoms with Crippen molar-refractivity contribution in [3.8, 4) is 0 Å². The summed E-state index contributed by atoms with van der Waals surface area (Å²) in [6.07, 6.45) is -3.88. The van der Waals surface area contributed by atoms with Crippen LogP contribution in [0, 0.1) is 5.82 Å². The number of fused-ring (bicyclic) bond motifs is 1. The lowest BCUT2D eigenvalue weighted by Crippen LogP contribution is -2.07. The molecule has 1 heterocycles. The van der Waals surface area contributed by atoms with Crippen LogP contribution in [0.2, 0.25) is 0 Å². The summed E-state index contributed by atoms with van der Waals surface area (Å²) in [7, 11) is 0. The molecule has 1 aromatic heterocycles. The van der Waals surface area contributed by atoms with Crippen molar-refractivity contribution in [2.45, 2.75) is 6.18 Å². The van der Waals surface area contributed by atoms with Crippen LogP contribution < -0.4 is 5.73 Å². The first-order chi connectivity index (χ1) is 7.39. The lowest BCUT2D eigenvalue weighted by molar-refractivity contribution is -0.136. The first-order valence-electron chi connectivity index (χ1n) is 4.30. The van der Waals surface area contributed by atoms with Gasteiger partial charge in [-0.1, -0.05) is 6.07 Å². The monoisotopic (exact) mass is 230 g/mol. The van der Waals surface area contributed by atoms with Gasteiger partial charge in [0.2, 0.25) is 0 Å². The van der Waals surface area contributed by atoms with E-state index in [1.165, 1.54) is 0 Å². The standard InChI is InChI=1S/C10H6F4N2/c11-5-1-2-6-7(3-5)9(15)16-4-8(6)10(12,13)14/h1-4H,(H2,15,16). The van der Waals surface area contributed by atoms with Gasteiger partial charge < -0.3 is 5.73 Å². The Labute approximate surface area is 87.7 Å². The third-order valence-corrected chi connectivity index (χ3v) is 2.19. The minimum absolute atomic E-state index is 0.0326. The van der Waals surface area contributed by atoms with Gasteiger partial charge in [0.15, 0.2) is 0 Å². The van der Waals surface area contributed by atoms with Gasteiger partial charge in [0.25, 0.3) is 0 Å². The number of alkyl halides is 3. The molecule has 0 unspecified atom stereocenters. The summed E-state index contributed by atoms with van der Waals surface area (Å²) >= 11 is 0. The van der Waals surface area contributed by atoms with Gasteiger partial charge >= 0.3 is 6.18 Å². The van der Waals surface area contributed by atoms with E-state index in [9.17, 15) is 17.6 Å². The first kappa shape index (κ1) is 10.7. The second-order valence-corrected chi connectivity index (χ2v) is 3.24. The number of benzene rings is 1. The van der Waals surface area contributed by atoms with E-state index in [-0.39, 0.29) is 16.6 Å². The van der Waals surface area contributed by atoms with Crippen LogP contribution in [0.3, 0.4) is 0 Å². The van der Waals surface area contributed by atoms with Crippen molar-refractivity contribution in [2.24, 2.45) is 0 Å². The van der Waals surface area contributed by atoms with Crippen molar-refractivity contribution in [1.82, 2.24) is 4.98 Å². The van der Waals surface area contributed by atoms with E-state index in [1.54, 1.807) is 0 Å². The Balaban J connectivity index is 2.85. The summed E-state index contributed by atoms with van der Waals surface area (Å²) < 4.78 is 50.6. The number of nitrogen functional groups attached to an aromatic ring is 1. The van der Waals surface area contributed by atoms with E-state index in [0.717, 1.165) is 18.2 Å². The van der Waals surface area contributed by atoms with Crippen LogP contribution in [0.5, 0.6) is 0 Å². The molecule has 0 saturated heterocycles. The number of nitrogens with two attached hydrogens (primary N) is 1. The number of halogens is 4. The Bertz CT molecular complexity index is 548. The van der Waals surface area contributed by atoms with E-state index >= 15 is 0 Å². The van der Waals surface area contributed by atoms with Crippen molar-refractivity contribution < 1.29 is 17.6 Å². The third kappa shape index (κ3) is 1.66. The second-order valence-electron chi connectivity index (χ2n) is 3.24. The predicted octanol–water partition coefficient (Wildman–Crippen LogP) is 2.97. The zero-order valence-electron chi connectivity index (χ0n) is 7.85. The van der Waals surface area contributed by atoms with Crippen LogP contribution in [-0.2, 0) is 6.18 Å². The van der Waals surface area contributed by atoms with Crippen LogP contribution in [0.4, 0.5) is 23.4 Å². The normalized spacial score (nSPS) is 12.0. The number of hydrogen-bond donors (Lipinski definition) is 1. The SMILES string of the molecule is Nc1ncc(C(F)(F)F)c2ccc(F)cc12. The van der Waals surface area contributed by atoms with Crippen LogP contribution in [0.25, 0.3) is 10.8 Å². The van der Waals surface area contributed by atoms with E-state index in [0.29, 0.717) is 6.20 Å². The largest absolute Gasteiger partial charge is 0.418 e. The van der Waals surface area contributed by atoms with Gasteiger partial charge in [0, 0.05) is 11.6 Å². The number of aromatic nitrogens is 1. The summed E-state index contributed by atoms with van der Waals surface area (Å²) in [6.45, 7) is 0. The van der Waals surface area contributed by atoms with Crippen molar-refractivity contribution >= 4 is 16.6 Å². The van der Waals surface area contributed by atoms with Gasteiger partial charge in [-0.2, -0.15) is 13.2 Å². The molecule has 6 heteroatoms. The fourth-order valence-electron chi connectivity index (χ4n) is 1.46. The second kappa shape index (κ2) is 3.33. The van der Waals surface area contributed by atoms with Crippen molar-refractivity contribution in [3.63, 3.8) is 0 Å². The molecule has 1 aromatic carbocycles. The third-order valence-electron chi connectivity index (χ3n) is 2.19. The number of rotatable bonds is 0. The van der Waals surface area contributed by atoms with Crippen molar-refractivity contribution in [3.05, 3.63) is 35.8 Å². The molecule has 0 aliphatic carbocycles. The van der Waals surface area contributed by atoms with Crippen LogP contribution in [0.1, 0.15) is 5.56 Å². The Morgan fingerprint density at radius 3 is 2.44 bits per heavy atom. The highest BCUT2D eigenvalue weighted by molar-refractivity contribution is 5.93. The van der Waals surface area contributed by atoms with Crippen LogP contribution >= 0.6 is 0 Å². The molecule has 2 nitrogen and oxygen atoms in total. The Kier molecular flexibility index (Phi) is 2.22. The Morgan fingerprint density at radius 2 is 1.81 bits per heavy atom. The average Bonchev–Trinajstić information content (AvgIpc) is 2.17. The molecule has 0 fully saturated rings. The molecule has 84 valence electrons. The maximum atomic E-state index is 12.9. The highest BCUT2D eigenvalue weighted by Crippen LogP contribution is 2.35. The van der Waals surface area contributed by atoms with Gasteiger partial charge in [-0.3, -0.25) is 0 Å². The van der Waals surface area contributed by atoms with Gasteiger partial charge in [0.05, 0.1) is 5.56 Å². The number of anilines is 1. The summed E-state index contributed by atoms with van der Waals surface area (Å²) in [5, 5.41) is -0.184. The predicted molar refractivity (Wildman–Crippen MR) is 51.1 cm³/mol. The minimum Gasteiger partial charge on any atom is -0.383 e. The summed E-state index contributed by atoms with van der Waals surface area (Å²) in [4.78, 5) is 3.41. The first-order valence-corrected chi connectivity index (χ1v) is 4.30. The molecule has 0 radical (unpaired) electrons. The zero-order valence-corrected chi connectivity index (χ0v) is 7.85. The lowest BCUT2D eigenvalue weighted by atomic mass is 10.1. The van der Waals surface area contributed by atoms with Crippen LogP contribution in [0.15, 0.2) is 24.4 Å². The summed E-state index contributed by atoms with van der Waals surface area (Å²) in [6, 6.07) is 2.94. The quantitative estimate of drug-likeness (QED) is 0.706. The van der Waals surface area contributed by atoms with Crippen LogP contribution in [-0.4, -0.2) is 4.98 Å². The smallest absolute Gasteiger partial charge is 0.383 e. The van der Waals surface area contributed by atoms with Gasteiger partial charge in [-0.05, 0) is 17.5 Å². The summed E-state index contributed by atoms with van der Waals surface area (Å²) in [5.41, 5.74) is 4.47. The Morgan fingerprint density at radius 1 is 1.12 bits per heavy atom. The topological polar surface area (TPSA) is 38.9 Å².